The van der Waals surface area contributed by atoms with Crippen LogP contribution >= 0.6 is 0 Å². The van der Waals surface area contributed by atoms with E-state index in [1.54, 1.807) is 16.3 Å². The van der Waals surface area contributed by atoms with Gasteiger partial charge in [0.15, 0.2) is 11.7 Å². The van der Waals surface area contributed by atoms with Gasteiger partial charge in [-0.25, -0.2) is 9.48 Å². The highest BCUT2D eigenvalue weighted by molar-refractivity contribution is 5.79. The molecule has 0 aromatic carbocycles. The SMILES string of the molecule is CN=C(NCCCn1nc2n(c1=O)CCCC2)NCc1cc(C(C)C)no1. The normalized spacial score (nSPS) is 14.4. The third kappa shape index (κ3) is 4.78. The molecule has 0 atom stereocenters. The largest absolute Gasteiger partial charge is 0.359 e. The van der Waals surface area contributed by atoms with Gasteiger partial charge in [0.25, 0.3) is 0 Å². The van der Waals surface area contributed by atoms with Crippen LogP contribution in [0, 0.1) is 0 Å². The Morgan fingerprint density at radius 3 is 2.93 bits per heavy atom. The Balaban J connectivity index is 1.42. The summed E-state index contributed by atoms with van der Waals surface area (Å²) in [5.74, 6) is 2.73. The van der Waals surface area contributed by atoms with Crippen molar-refractivity contribution < 1.29 is 4.52 Å². The van der Waals surface area contributed by atoms with Crippen molar-refractivity contribution in [1.29, 1.82) is 0 Å². The minimum absolute atomic E-state index is 0.0125. The maximum Gasteiger partial charge on any atom is 0.345 e. The summed E-state index contributed by atoms with van der Waals surface area (Å²) in [5, 5.41) is 15.0. The molecule has 0 aliphatic carbocycles. The minimum atomic E-state index is 0.0125. The van der Waals surface area contributed by atoms with E-state index in [9.17, 15) is 4.79 Å². The summed E-state index contributed by atoms with van der Waals surface area (Å²) in [6, 6.07) is 1.96. The Morgan fingerprint density at radius 2 is 2.22 bits per heavy atom. The minimum Gasteiger partial charge on any atom is -0.359 e. The van der Waals surface area contributed by atoms with E-state index in [0.29, 0.717) is 31.5 Å². The van der Waals surface area contributed by atoms with Crippen LogP contribution in [0.2, 0.25) is 0 Å². The van der Waals surface area contributed by atoms with E-state index >= 15 is 0 Å². The van der Waals surface area contributed by atoms with Gasteiger partial charge in [-0.1, -0.05) is 19.0 Å². The number of aryl methyl sites for hydroxylation is 2. The third-order valence-corrected chi connectivity index (χ3v) is 4.69. The first-order valence-corrected chi connectivity index (χ1v) is 9.65. The summed E-state index contributed by atoms with van der Waals surface area (Å²) in [6.45, 7) is 6.77. The van der Waals surface area contributed by atoms with Crippen molar-refractivity contribution in [2.24, 2.45) is 4.99 Å². The van der Waals surface area contributed by atoms with E-state index in [0.717, 1.165) is 49.5 Å². The first kappa shape index (κ1) is 19.2. The number of nitrogens with zero attached hydrogens (tertiary/aromatic N) is 5. The molecule has 9 heteroatoms. The summed E-state index contributed by atoms with van der Waals surface area (Å²) >= 11 is 0. The van der Waals surface area contributed by atoms with Crippen molar-refractivity contribution in [2.75, 3.05) is 13.6 Å². The van der Waals surface area contributed by atoms with Crippen LogP contribution in [0.4, 0.5) is 0 Å². The van der Waals surface area contributed by atoms with E-state index in [1.807, 2.05) is 6.07 Å². The molecule has 1 aliphatic rings. The highest BCUT2D eigenvalue weighted by atomic mass is 16.5. The Morgan fingerprint density at radius 1 is 1.37 bits per heavy atom. The average molecular weight is 375 g/mol. The number of hydrogen-bond acceptors (Lipinski definition) is 5. The molecule has 148 valence electrons. The van der Waals surface area contributed by atoms with E-state index in [1.165, 1.54) is 0 Å². The van der Waals surface area contributed by atoms with Gasteiger partial charge in [-0.05, 0) is 25.2 Å². The summed E-state index contributed by atoms with van der Waals surface area (Å²) in [6.07, 6.45) is 3.87. The first-order valence-electron chi connectivity index (χ1n) is 9.65. The van der Waals surface area contributed by atoms with E-state index < -0.39 is 0 Å². The fourth-order valence-electron chi connectivity index (χ4n) is 3.11. The average Bonchev–Trinajstić information content (AvgIpc) is 3.27. The van der Waals surface area contributed by atoms with Gasteiger partial charge in [-0.3, -0.25) is 9.56 Å². The highest BCUT2D eigenvalue weighted by Gasteiger charge is 2.16. The van der Waals surface area contributed by atoms with Crippen LogP contribution in [0.15, 0.2) is 20.4 Å². The van der Waals surface area contributed by atoms with Crippen molar-refractivity contribution in [2.45, 2.75) is 65.1 Å². The van der Waals surface area contributed by atoms with Gasteiger partial charge in [0, 0.05) is 39.2 Å². The van der Waals surface area contributed by atoms with Crippen LogP contribution in [0.5, 0.6) is 0 Å². The maximum atomic E-state index is 12.3. The highest BCUT2D eigenvalue weighted by Crippen LogP contribution is 2.13. The molecular formula is C18H29N7O2. The first-order chi connectivity index (χ1) is 13.1. The molecule has 9 nitrogen and oxygen atoms in total. The van der Waals surface area contributed by atoms with Gasteiger partial charge in [-0.2, -0.15) is 5.10 Å². The van der Waals surface area contributed by atoms with Crippen LogP contribution in [0.1, 0.15) is 56.3 Å². The van der Waals surface area contributed by atoms with Gasteiger partial charge in [-0.15, -0.1) is 0 Å². The number of rotatable bonds is 7. The van der Waals surface area contributed by atoms with Gasteiger partial charge in [0.2, 0.25) is 0 Å². The Hall–Kier alpha value is -2.58. The number of hydrogen-bond donors (Lipinski definition) is 2. The molecule has 0 radical (unpaired) electrons. The summed E-state index contributed by atoms with van der Waals surface area (Å²) in [4.78, 5) is 16.5. The van der Waals surface area contributed by atoms with Gasteiger partial charge in [0.05, 0.1) is 12.2 Å². The third-order valence-electron chi connectivity index (χ3n) is 4.69. The Bertz CT molecular complexity index is 831. The maximum absolute atomic E-state index is 12.3. The van der Waals surface area contributed by atoms with Crippen molar-refractivity contribution in [3.63, 3.8) is 0 Å². The van der Waals surface area contributed by atoms with E-state index in [-0.39, 0.29) is 5.69 Å². The second-order valence-corrected chi connectivity index (χ2v) is 7.11. The lowest BCUT2D eigenvalue weighted by molar-refractivity contribution is 0.372. The van der Waals surface area contributed by atoms with Gasteiger partial charge < -0.3 is 15.2 Å². The number of aliphatic imine (C=N–C) groups is 1. The quantitative estimate of drug-likeness (QED) is 0.429. The second kappa shape index (κ2) is 8.88. The fraction of sp³-hybridized carbons (Fsp3) is 0.667. The molecule has 2 aromatic rings. The Kier molecular flexibility index (Phi) is 6.31. The van der Waals surface area contributed by atoms with Crippen LogP contribution in [0.3, 0.4) is 0 Å². The van der Waals surface area contributed by atoms with Crippen LogP contribution in [-0.2, 0) is 26.1 Å². The molecule has 0 bridgehead atoms. The van der Waals surface area contributed by atoms with Crippen molar-refractivity contribution in [3.05, 3.63) is 33.8 Å². The lowest BCUT2D eigenvalue weighted by Gasteiger charge is -2.10. The molecule has 0 unspecified atom stereocenters. The molecule has 27 heavy (non-hydrogen) atoms. The summed E-state index contributed by atoms with van der Waals surface area (Å²) in [7, 11) is 1.73. The number of guanidine groups is 1. The molecular weight excluding hydrogens is 346 g/mol. The summed E-state index contributed by atoms with van der Waals surface area (Å²) in [5.41, 5.74) is 0.960. The number of aromatic nitrogens is 4. The molecule has 2 aromatic heterocycles. The lowest BCUT2D eigenvalue weighted by atomic mass is 10.1. The zero-order valence-corrected chi connectivity index (χ0v) is 16.4. The zero-order valence-electron chi connectivity index (χ0n) is 16.4. The monoisotopic (exact) mass is 375 g/mol. The fourth-order valence-corrected chi connectivity index (χ4v) is 3.11. The van der Waals surface area contributed by atoms with Crippen LogP contribution in [0.25, 0.3) is 0 Å². The Labute approximate surface area is 158 Å². The van der Waals surface area contributed by atoms with E-state index in [2.05, 4.69) is 39.7 Å². The topological polar surface area (TPSA) is 102 Å². The molecule has 0 amide bonds. The molecule has 0 spiro atoms. The van der Waals surface area contributed by atoms with Crippen LogP contribution < -0.4 is 16.3 Å². The smallest absolute Gasteiger partial charge is 0.345 e. The molecule has 3 rings (SSSR count). The zero-order chi connectivity index (χ0) is 19.2. The standard InChI is InChI=1S/C18H29N7O2/c1-13(2)15-11-14(27-23-15)12-21-17(19-3)20-8-6-10-25-18(26)24-9-5-4-7-16(24)22-25/h11,13H,4-10,12H2,1-3H3,(H2,19,20,21). The van der Waals surface area contributed by atoms with Gasteiger partial charge >= 0.3 is 5.69 Å². The molecule has 2 N–H and O–H groups in total. The van der Waals surface area contributed by atoms with Crippen LogP contribution in [-0.4, -0.2) is 39.1 Å². The molecule has 0 saturated heterocycles. The molecule has 3 heterocycles. The van der Waals surface area contributed by atoms with Gasteiger partial charge in [0.1, 0.15) is 5.82 Å². The van der Waals surface area contributed by atoms with Crippen molar-refractivity contribution >= 4 is 5.96 Å². The molecule has 1 aliphatic heterocycles. The lowest BCUT2D eigenvalue weighted by Crippen LogP contribution is -2.37. The summed E-state index contributed by atoms with van der Waals surface area (Å²) < 4.78 is 8.70. The predicted molar refractivity (Wildman–Crippen MR) is 103 cm³/mol. The predicted octanol–water partition coefficient (Wildman–Crippen LogP) is 1.25. The van der Waals surface area contributed by atoms with Crippen molar-refractivity contribution in [1.82, 2.24) is 30.1 Å². The van der Waals surface area contributed by atoms with E-state index in [4.69, 9.17) is 4.52 Å². The second-order valence-electron chi connectivity index (χ2n) is 7.11. The molecule has 0 saturated carbocycles. The van der Waals surface area contributed by atoms with Crippen molar-refractivity contribution in [3.8, 4) is 0 Å². The number of fused-ring (bicyclic) bond motifs is 1. The molecule has 0 fully saturated rings. The number of nitrogens with one attached hydrogen (secondary N) is 2.